The molecule has 2 N–H and O–H groups in total. The standard InChI is InChI=1S/C13H18BrN/c14-12-8-6-11(7-9-12)13(15)10-4-2-1-3-5-10/h6-10,13H,1-5,15H2. The number of hydrogen-bond donors (Lipinski definition) is 1. The lowest BCUT2D eigenvalue weighted by Gasteiger charge is -2.27. The Morgan fingerprint density at radius 3 is 2.27 bits per heavy atom. The Morgan fingerprint density at radius 1 is 1.07 bits per heavy atom. The largest absolute Gasteiger partial charge is 0.324 e. The maximum atomic E-state index is 6.30. The number of benzene rings is 1. The second-order valence-corrected chi connectivity index (χ2v) is 5.39. The van der Waals surface area contributed by atoms with Crippen LogP contribution in [0.15, 0.2) is 28.7 Å². The van der Waals surface area contributed by atoms with Crippen molar-refractivity contribution in [3.05, 3.63) is 34.3 Å². The second kappa shape index (κ2) is 5.13. The summed E-state index contributed by atoms with van der Waals surface area (Å²) < 4.78 is 1.13. The van der Waals surface area contributed by atoms with E-state index in [0.717, 1.165) is 4.47 Å². The molecule has 1 atom stereocenters. The van der Waals surface area contributed by atoms with Crippen molar-refractivity contribution < 1.29 is 0 Å². The zero-order valence-corrected chi connectivity index (χ0v) is 10.5. The summed E-state index contributed by atoms with van der Waals surface area (Å²) in [5, 5.41) is 0. The molecule has 2 heteroatoms. The average molecular weight is 268 g/mol. The van der Waals surface area contributed by atoms with Crippen LogP contribution in [0.3, 0.4) is 0 Å². The van der Waals surface area contributed by atoms with Crippen LogP contribution in [0.2, 0.25) is 0 Å². The van der Waals surface area contributed by atoms with Crippen LogP contribution in [0.25, 0.3) is 0 Å². The van der Waals surface area contributed by atoms with Crippen molar-refractivity contribution in [1.29, 1.82) is 0 Å². The van der Waals surface area contributed by atoms with Gasteiger partial charge in [0.05, 0.1) is 0 Å². The summed E-state index contributed by atoms with van der Waals surface area (Å²) in [7, 11) is 0. The van der Waals surface area contributed by atoms with Crippen LogP contribution in [0.4, 0.5) is 0 Å². The van der Waals surface area contributed by atoms with E-state index in [1.165, 1.54) is 37.7 Å². The third-order valence-corrected chi connectivity index (χ3v) is 3.94. The Bertz CT molecular complexity index is 301. The van der Waals surface area contributed by atoms with Gasteiger partial charge < -0.3 is 5.73 Å². The first-order valence-electron chi connectivity index (χ1n) is 5.78. The molecule has 1 nitrogen and oxygen atoms in total. The molecule has 1 aliphatic carbocycles. The highest BCUT2D eigenvalue weighted by Crippen LogP contribution is 2.33. The molecule has 0 bridgehead atoms. The fourth-order valence-electron chi connectivity index (χ4n) is 2.45. The molecule has 1 aromatic rings. The molecule has 0 spiro atoms. The van der Waals surface area contributed by atoms with Gasteiger partial charge in [0.25, 0.3) is 0 Å². The Kier molecular flexibility index (Phi) is 3.81. The molecule has 1 unspecified atom stereocenters. The van der Waals surface area contributed by atoms with Crippen LogP contribution in [0.1, 0.15) is 43.7 Å². The van der Waals surface area contributed by atoms with Gasteiger partial charge in [-0.1, -0.05) is 47.3 Å². The van der Waals surface area contributed by atoms with Crippen LogP contribution in [0.5, 0.6) is 0 Å². The van der Waals surface area contributed by atoms with Gasteiger partial charge in [0.15, 0.2) is 0 Å². The van der Waals surface area contributed by atoms with Gasteiger partial charge in [0, 0.05) is 10.5 Å². The minimum absolute atomic E-state index is 0.235. The molecular formula is C13H18BrN. The number of rotatable bonds is 2. The maximum absolute atomic E-state index is 6.30. The molecule has 1 aromatic carbocycles. The summed E-state index contributed by atoms with van der Waals surface area (Å²) in [5.74, 6) is 0.694. The fourth-order valence-corrected chi connectivity index (χ4v) is 2.71. The fraction of sp³-hybridized carbons (Fsp3) is 0.538. The summed E-state index contributed by atoms with van der Waals surface area (Å²) in [6.07, 6.45) is 6.71. The third kappa shape index (κ3) is 2.82. The molecule has 15 heavy (non-hydrogen) atoms. The molecule has 0 heterocycles. The van der Waals surface area contributed by atoms with E-state index in [1.54, 1.807) is 0 Å². The monoisotopic (exact) mass is 267 g/mol. The van der Waals surface area contributed by atoms with E-state index in [4.69, 9.17) is 5.73 Å². The van der Waals surface area contributed by atoms with Gasteiger partial charge in [-0.25, -0.2) is 0 Å². The van der Waals surface area contributed by atoms with Gasteiger partial charge in [-0.2, -0.15) is 0 Å². The molecule has 1 fully saturated rings. The van der Waals surface area contributed by atoms with Gasteiger partial charge in [0.1, 0.15) is 0 Å². The lowest BCUT2D eigenvalue weighted by molar-refractivity contribution is 0.308. The van der Waals surface area contributed by atoms with Gasteiger partial charge in [-0.3, -0.25) is 0 Å². The van der Waals surface area contributed by atoms with Crippen LogP contribution in [-0.2, 0) is 0 Å². The lowest BCUT2D eigenvalue weighted by Crippen LogP contribution is -2.23. The summed E-state index contributed by atoms with van der Waals surface area (Å²) in [6, 6.07) is 8.68. The highest BCUT2D eigenvalue weighted by Gasteiger charge is 2.21. The van der Waals surface area contributed by atoms with E-state index in [9.17, 15) is 0 Å². The molecular weight excluding hydrogens is 250 g/mol. The second-order valence-electron chi connectivity index (χ2n) is 4.48. The van der Waals surface area contributed by atoms with Crippen LogP contribution in [-0.4, -0.2) is 0 Å². The van der Waals surface area contributed by atoms with E-state index >= 15 is 0 Å². The average Bonchev–Trinajstić information content (AvgIpc) is 2.30. The maximum Gasteiger partial charge on any atom is 0.0323 e. The molecule has 0 radical (unpaired) electrons. The summed E-state index contributed by atoms with van der Waals surface area (Å²) in [6.45, 7) is 0. The molecule has 1 saturated carbocycles. The van der Waals surface area contributed by atoms with Crippen molar-refractivity contribution in [2.24, 2.45) is 11.7 Å². The Labute approximate surface area is 100 Å². The first kappa shape index (κ1) is 11.2. The van der Waals surface area contributed by atoms with Crippen molar-refractivity contribution in [2.75, 3.05) is 0 Å². The van der Waals surface area contributed by atoms with E-state index in [2.05, 4.69) is 40.2 Å². The molecule has 82 valence electrons. The van der Waals surface area contributed by atoms with Gasteiger partial charge in [-0.05, 0) is 36.5 Å². The van der Waals surface area contributed by atoms with Gasteiger partial charge in [0.2, 0.25) is 0 Å². The quantitative estimate of drug-likeness (QED) is 0.861. The van der Waals surface area contributed by atoms with Crippen molar-refractivity contribution in [3.8, 4) is 0 Å². The highest BCUT2D eigenvalue weighted by atomic mass is 79.9. The Morgan fingerprint density at radius 2 is 1.67 bits per heavy atom. The molecule has 1 aliphatic rings. The third-order valence-electron chi connectivity index (χ3n) is 3.41. The van der Waals surface area contributed by atoms with Crippen LogP contribution < -0.4 is 5.73 Å². The Balaban J connectivity index is 2.05. The van der Waals surface area contributed by atoms with Crippen molar-refractivity contribution in [2.45, 2.75) is 38.1 Å². The first-order chi connectivity index (χ1) is 7.27. The van der Waals surface area contributed by atoms with Crippen molar-refractivity contribution >= 4 is 15.9 Å². The van der Waals surface area contributed by atoms with Crippen molar-refractivity contribution in [3.63, 3.8) is 0 Å². The molecule has 0 saturated heterocycles. The van der Waals surface area contributed by atoms with E-state index in [0.29, 0.717) is 5.92 Å². The molecule has 0 aromatic heterocycles. The molecule has 0 aliphatic heterocycles. The van der Waals surface area contributed by atoms with Crippen molar-refractivity contribution in [1.82, 2.24) is 0 Å². The number of hydrogen-bond acceptors (Lipinski definition) is 1. The summed E-state index contributed by atoms with van der Waals surface area (Å²) in [5.41, 5.74) is 7.59. The minimum atomic E-state index is 0.235. The molecule has 2 rings (SSSR count). The van der Waals surface area contributed by atoms with E-state index < -0.39 is 0 Å². The number of halogens is 1. The van der Waals surface area contributed by atoms with Gasteiger partial charge >= 0.3 is 0 Å². The van der Waals surface area contributed by atoms with Crippen LogP contribution >= 0.6 is 15.9 Å². The SMILES string of the molecule is NC(c1ccc(Br)cc1)C1CCCCC1. The van der Waals surface area contributed by atoms with Gasteiger partial charge in [-0.15, -0.1) is 0 Å². The predicted octanol–water partition coefficient (Wildman–Crippen LogP) is 4.03. The zero-order valence-electron chi connectivity index (χ0n) is 8.95. The van der Waals surface area contributed by atoms with Crippen LogP contribution in [0, 0.1) is 5.92 Å². The smallest absolute Gasteiger partial charge is 0.0323 e. The highest BCUT2D eigenvalue weighted by molar-refractivity contribution is 9.10. The minimum Gasteiger partial charge on any atom is -0.324 e. The summed E-state index contributed by atoms with van der Waals surface area (Å²) >= 11 is 3.45. The first-order valence-corrected chi connectivity index (χ1v) is 6.58. The van der Waals surface area contributed by atoms with E-state index in [-0.39, 0.29) is 6.04 Å². The normalized spacial score (nSPS) is 20.1. The number of nitrogens with two attached hydrogens (primary N) is 1. The topological polar surface area (TPSA) is 26.0 Å². The molecule has 0 amide bonds. The predicted molar refractivity (Wildman–Crippen MR) is 67.6 cm³/mol. The zero-order chi connectivity index (χ0) is 10.7. The lowest BCUT2D eigenvalue weighted by atomic mass is 9.82. The van der Waals surface area contributed by atoms with E-state index in [1.807, 2.05) is 0 Å². The summed E-state index contributed by atoms with van der Waals surface area (Å²) in [4.78, 5) is 0. The Hall–Kier alpha value is -0.340.